The van der Waals surface area contributed by atoms with Crippen LogP contribution in [0.15, 0.2) is 0 Å². The molecule has 0 fully saturated rings. The van der Waals surface area contributed by atoms with Crippen molar-refractivity contribution in [3.63, 3.8) is 0 Å². The molecule has 0 heterocycles. The van der Waals surface area contributed by atoms with Gasteiger partial charge in [0.05, 0.1) is 17.3 Å². The zero-order valence-corrected chi connectivity index (χ0v) is 9.13. The summed E-state index contributed by atoms with van der Waals surface area (Å²) in [4.78, 5) is 12.7. The van der Waals surface area contributed by atoms with E-state index < -0.39 is 0 Å². The predicted octanol–water partition coefficient (Wildman–Crippen LogP) is 1.53. The van der Waals surface area contributed by atoms with Gasteiger partial charge in [-0.15, -0.1) is 0 Å². The Bertz CT molecular complexity index is 198. The summed E-state index contributed by atoms with van der Waals surface area (Å²) in [6.45, 7) is 3.63. The molecule has 0 rings (SSSR count). The Balaban J connectivity index is 4.11. The summed E-state index contributed by atoms with van der Waals surface area (Å²) >= 11 is 3.19. The average molecular weight is 233 g/mol. The summed E-state index contributed by atoms with van der Waals surface area (Å²) in [6.07, 6.45) is 0.377. The van der Waals surface area contributed by atoms with Gasteiger partial charge in [0.1, 0.15) is 0 Å². The molecule has 0 saturated carbocycles. The van der Waals surface area contributed by atoms with Gasteiger partial charge < -0.3 is 4.90 Å². The number of rotatable bonds is 3. The van der Waals surface area contributed by atoms with E-state index in [1.54, 1.807) is 18.9 Å². The Kier molecular flexibility index (Phi) is 4.91. The van der Waals surface area contributed by atoms with Crippen molar-refractivity contribution in [2.24, 2.45) is 0 Å². The van der Waals surface area contributed by atoms with Crippen LogP contribution in [-0.4, -0.2) is 28.7 Å². The second kappa shape index (κ2) is 5.15. The maximum atomic E-state index is 11.3. The lowest BCUT2D eigenvalue weighted by molar-refractivity contribution is -0.130. The smallest absolute Gasteiger partial charge is 0.236 e. The molecule has 0 aliphatic carbocycles. The molecule has 2 unspecified atom stereocenters. The molecule has 3 nitrogen and oxygen atoms in total. The number of alkyl halides is 1. The first kappa shape index (κ1) is 11.4. The molecule has 0 aliphatic rings. The van der Waals surface area contributed by atoms with Crippen LogP contribution >= 0.6 is 15.9 Å². The molecule has 0 spiro atoms. The van der Waals surface area contributed by atoms with Gasteiger partial charge in [-0.3, -0.25) is 4.79 Å². The molecule has 0 aliphatic heterocycles. The van der Waals surface area contributed by atoms with Gasteiger partial charge in [-0.25, -0.2) is 0 Å². The van der Waals surface area contributed by atoms with Crippen molar-refractivity contribution < 1.29 is 4.79 Å². The van der Waals surface area contributed by atoms with E-state index >= 15 is 0 Å². The van der Waals surface area contributed by atoms with E-state index in [2.05, 4.69) is 15.9 Å². The van der Waals surface area contributed by atoms with Crippen molar-refractivity contribution >= 4 is 21.8 Å². The van der Waals surface area contributed by atoms with Gasteiger partial charge in [0, 0.05) is 13.1 Å². The monoisotopic (exact) mass is 232 g/mol. The second-order valence-corrected chi connectivity index (χ2v) is 4.15. The minimum absolute atomic E-state index is 0.0116. The molecule has 2 atom stereocenters. The van der Waals surface area contributed by atoms with Crippen molar-refractivity contribution in [1.29, 1.82) is 5.26 Å². The molecule has 4 heteroatoms. The Labute approximate surface area is 81.5 Å². The van der Waals surface area contributed by atoms with Gasteiger partial charge in [0.15, 0.2) is 0 Å². The summed E-state index contributed by atoms with van der Waals surface area (Å²) in [7, 11) is 1.71. The highest BCUT2D eigenvalue weighted by atomic mass is 79.9. The minimum Gasteiger partial charge on any atom is -0.341 e. The molecule has 0 saturated heterocycles. The van der Waals surface area contributed by atoms with Crippen molar-refractivity contribution in [1.82, 2.24) is 4.90 Å². The molecular weight excluding hydrogens is 220 g/mol. The van der Waals surface area contributed by atoms with Crippen LogP contribution in [0.4, 0.5) is 0 Å². The lowest BCUT2D eigenvalue weighted by atomic mass is 10.2. The number of hydrogen-bond donors (Lipinski definition) is 0. The summed E-state index contributed by atoms with van der Waals surface area (Å²) in [5, 5.41) is 8.41. The molecule has 0 aromatic rings. The molecule has 0 radical (unpaired) electrons. The topological polar surface area (TPSA) is 44.1 Å². The van der Waals surface area contributed by atoms with E-state index in [0.717, 1.165) is 0 Å². The summed E-state index contributed by atoms with van der Waals surface area (Å²) < 4.78 is 0. The fourth-order valence-electron chi connectivity index (χ4n) is 0.767. The van der Waals surface area contributed by atoms with Crippen molar-refractivity contribution in [3.8, 4) is 6.07 Å². The Morgan fingerprint density at radius 3 is 2.50 bits per heavy atom. The summed E-state index contributed by atoms with van der Waals surface area (Å²) in [5.74, 6) is 0.0118. The standard InChI is InChI=1S/C8H13BrN2O/c1-6(4-5-10)11(3)8(12)7(2)9/h6-7H,4H2,1-3H3. The largest absolute Gasteiger partial charge is 0.341 e. The average Bonchev–Trinajstić information content (AvgIpc) is 2.02. The van der Waals surface area contributed by atoms with Gasteiger partial charge in [0.25, 0.3) is 0 Å². The molecule has 0 bridgehead atoms. The highest BCUT2D eigenvalue weighted by Gasteiger charge is 2.18. The summed E-state index contributed by atoms with van der Waals surface area (Å²) in [6, 6.07) is 2.02. The molecule has 68 valence electrons. The third-order valence-corrected chi connectivity index (χ3v) is 2.13. The Morgan fingerprint density at radius 2 is 2.17 bits per heavy atom. The van der Waals surface area contributed by atoms with Crippen LogP contribution in [0.1, 0.15) is 20.3 Å². The van der Waals surface area contributed by atoms with Crippen LogP contribution < -0.4 is 0 Å². The van der Waals surface area contributed by atoms with Crippen molar-refractivity contribution in [3.05, 3.63) is 0 Å². The lowest BCUT2D eigenvalue weighted by Crippen LogP contribution is -2.38. The zero-order valence-electron chi connectivity index (χ0n) is 7.54. The first-order chi connectivity index (χ1) is 5.50. The van der Waals surface area contributed by atoms with Crippen LogP contribution in [0.25, 0.3) is 0 Å². The second-order valence-electron chi connectivity index (χ2n) is 2.78. The number of nitrogens with zero attached hydrogens (tertiary/aromatic N) is 2. The first-order valence-electron chi connectivity index (χ1n) is 3.78. The third-order valence-electron chi connectivity index (χ3n) is 1.74. The van der Waals surface area contributed by atoms with Crippen LogP contribution in [0.5, 0.6) is 0 Å². The molecular formula is C8H13BrN2O. The maximum absolute atomic E-state index is 11.3. The first-order valence-corrected chi connectivity index (χ1v) is 4.70. The fourth-order valence-corrected chi connectivity index (χ4v) is 1.09. The van der Waals surface area contributed by atoms with Crippen LogP contribution in [-0.2, 0) is 4.79 Å². The van der Waals surface area contributed by atoms with Crippen molar-refractivity contribution in [2.75, 3.05) is 7.05 Å². The van der Waals surface area contributed by atoms with Gasteiger partial charge in [-0.2, -0.15) is 5.26 Å². The third kappa shape index (κ3) is 3.22. The van der Waals surface area contributed by atoms with E-state index in [1.807, 2.05) is 13.0 Å². The highest BCUT2D eigenvalue weighted by Crippen LogP contribution is 2.07. The number of carbonyl (C=O) groups excluding carboxylic acids is 1. The normalized spacial score (nSPS) is 14.6. The molecule has 12 heavy (non-hydrogen) atoms. The molecule has 1 amide bonds. The number of hydrogen-bond acceptors (Lipinski definition) is 2. The Morgan fingerprint density at radius 1 is 1.67 bits per heavy atom. The predicted molar refractivity (Wildman–Crippen MR) is 50.9 cm³/mol. The maximum Gasteiger partial charge on any atom is 0.236 e. The SMILES string of the molecule is CC(Br)C(=O)N(C)C(C)CC#N. The molecule has 0 aromatic heterocycles. The van der Waals surface area contributed by atoms with Crippen LogP contribution in [0, 0.1) is 11.3 Å². The van der Waals surface area contributed by atoms with E-state index in [4.69, 9.17) is 5.26 Å². The van der Waals surface area contributed by atoms with Gasteiger partial charge >= 0.3 is 0 Å². The number of halogens is 1. The van der Waals surface area contributed by atoms with E-state index in [-0.39, 0.29) is 16.8 Å². The number of nitriles is 1. The number of carbonyl (C=O) groups is 1. The van der Waals surface area contributed by atoms with Gasteiger partial charge in [-0.1, -0.05) is 15.9 Å². The Hall–Kier alpha value is -0.560. The lowest BCUT2D eigenvalue weighted by Gasteiger charge is -2.23. The minimum atomic E-state index is -0.177. The highest BCUT2D eigenvalue weighted by molar-refractivity contribution is 9.10. The van der Waals surface area contributed by atoms with Gasteiger partial charge in [-0.05, 0) is 13.8 Å². The van der Waals surface area contributed by atoms with Gasteiger partial charge in [0.2, 0.25) is 5.91 Å². The molecule has 0 aromatic carbocycles. The molecule has 0 N–H and O–H groups in total. The fraction of sp³-hybridized carbons (Fsp3) is 0.750. The quantitative estimate of drug-likeness (QED) is 0.694. The van der Waals surface area contributed by atoms with E-state index in [9.17, 15) is 4.79 Å². The van der Waals surface area contributed by atoms with Crippen LogP contribution in [0.2, 0.25) is 0 Å². The van der Waals surface area contributed by atoms with Crippen molar-refractivity contribution in [2.45, 2.75) is 31.1 Å². The summed E-state index contributed by atoms with van der Waals surface area (Å²) in [5.41, 5.74) is 0. The number of amides is 1. The van der Waals surface area contributed by atoms with E-state index in [0.29, 0.717) is 6.42 Å². The van der Waals surface area contributed by atoms with Crippen LogP contribution in [0.3, 0.4) is 0 Å². The van der Waals surface area contributed by atoms with E-state index in [1.165, 1.54) is 0 Å². The zero-order chi connectivity index (χ0) is 9.72.